The zero-order valence-electron chi connectivity index (χ0n) is 20.3. The summed E-state index contributed by atoms with van der Waals surface area (Å²) in [5.41, 5.74) is 4.84. The molecule has 14 heteroatoms. The number of carbonyl (C=O) groups excluding carboxylic acids is 2. The average molecular weight is 561 g/mol. The van der Waals surface area contributed by atoms with Crippen LogP contribution < -0.4 is 21.1 Å². The highest BCUT2D eigenvalue weighted by Crippen LogP contribution is 2.31. The van der Waals surface area contributed by atoms with Crippen molar-refractivity contribution in [3.63, 3.8) is 0 Å². The van der Waals surface area contributed by atoms with Crippen LogP contribution in [0.1, 0.15) is 35.2 Å². The maximum absolute atomic E-state index is 14.0. The number of β-amino-alcohol motifs (C(OH)–C–C–N with tert-alkyl or cyclic N) is 1. The molecule has 0 spiro atoms. The van der Waals surface area contributed by atoms with Gasteiger partial charge in [0.1, 0.15) is 28.8 Å². The Kier molecular flexibility index (Phi) is 11.3. The zero-order valence-corrected chi connectivity index (χ0v) is 21.8. The van der Waals surface area contributed by atoms with Crippen LogP contribution in [0.25, 0.3) is 0 Å². The number of amides is 3. The molecule has 0 bridgehead atoms. The van der Waals surface area contributed by atoms with Crippen LogP contribution in [0.15, 0.2) is 12.1 Å². The van der Waals surface area contributed by atoms with E-state index >= 15 is 0 Å². The van der Waals surface area contributed by atoms with E-state index in [-0.39, 0.29) is 33.6 Å². The zero-order chi connectivity index (χ0) is 26.8. The van der Waals surface area contributed by atoms with E-state index in [4.69, 9.17) is 27.2 Å². The average Bonchev–Trinajstić information content (AvgIpc) is 3.24. The van der Waals surface area contributed by atoms with Gasteiger partial charge in [0, 0.05) is 44.3 Å². The Hall–Kier alpha value is -2.58. The number of carbonyl (C=O) groups is 2. The largest absolute Gasteiger partial charge is 0.471 e. The van der Waals surface area contributed by atoms with Crippen LogP contribution in [-0.2, 0) is 6.61 Å². The van der Waals surface area contributed by atoms with Gasteiger partial charge in [0.25, 0.3) is 5.91 Å². The van der Waals surface area contributed by atoms with Crippen molar-refractivity contribution >= 4 is 40.1 Å². The topological polar surface area (TPSA) is 133 Å². The molecule has 0 aliphatic carbocycles. The van der Waals surface area contributed by atoms with Crippen molar-refractivity contribution in [2.75, 3.05) is 57.7 Å². The van der Waals surface area contributed by atoms with Gasteiger partial charge in [-0.15, -0.1) is 0 Å². The highest BCUT2D eigenvalue weighted by atomic mass is 35.5. The monoisotopic (exact) mass is 560 g/mol. The van der Waals surface area contributed by atoms with Crippen molar-refractivity contribution in [3.05, 3.63) is 39.9 Å². The van der Waals surface area contributed by atoms with E-state index in [2.05, 4.69) is 24.8 Å². The Morgan fingerprint density at radius 2 is 1.76 bits per heavy atom. The minimum atomic E-state index is -0.909. The summed E-state index contributed by atoms with van der Waals surface area (Å²) in [6.45, 7) is 5.72. The van der Waals surface area contributed by atoms with Gasteiger partial charge in [-0.05, 0) is 43.1 Å². The number of urea groups is 1. The van der Waals surface area contributed by atoms with Gasteiger partial charge in [0.2, 0.25) is 5.88 Å². The van der Waals surface area contributed by atoms with E-state index in [9.17, 15) is 18.4 Å². The van der Waals surface area contributed by atoms with E-state index in [1.807, 2.05) is 0 Å². The molecule has 2 heterocycles. The van der Waals surface area contributed by atoms with Crippen LogP contribution in [0.5, 0.6) is 5.88 Å². The number of benzene rings is 1. The molecule has 5 N–H and O–H groups in total. The second kappa shape index (κ2) is 14.4. The summed E-state index contributed by atoms with van der Waals surface area (Å²) < 4.78 is 37.3. The molecule has 1 fully saturated rings. The van der Waals surface area contributed by atoms with E-state index in [0.717, 1.165) is 82.2 Å². The predicted octanol–water partition coefficient (Wildman–Crippen LogP) is 2.65. The van der Waals surface area contributed by atoms with Crippen LogP contribution >= 0.6 is 23.1 Å². The fraction of sp³-hybridized carbons (Fsp3) is 0.522. The van der Waals surface area contributed by atoms with Gasteiger partial charge in [-0.1, -0.05) is 18.0 Å². The van der Waals surface area contributed by atoms with Crippen LogP contribution in [0.2, 0.25) is 5.02 Å². The first-order valence-electron chi connectivity index (χ1n) is 11.9. The second-order valence-electron chi connectivity index (χ2n) is 8.54. The third kappa shape index (κ3) is 8.75. The highest BCUT2D eigenvalue weighted by molar-refractivity contribution is 7.11. The highest BCUT2D eigenvalue weighted by Gasteiger charge is 2.23. The summed E-state index contributed by atoms with van der Waals surface area (Å²) in [4.78, 5) is 28.9. The van der Waals surface area contributed by atoms with E-state index in [1.165, 1.54) is 0 Å². The Morgan fingerprint density at radius 1 is 1.11 bits per heavy atom. The minimum Gasteiger partial charge on any atom is -0.471 e. The Labute approximate surface area is 222 Å². The fourth-order valence-electron chi connectivity index (χ4n) is 3.89. The van der Waals surface area contributed by atoms with Crippen LogP contribution in [0, 0.1) is 11.6 Å². The number of aromatic nitrogens is 1. The summed E-state index contributed by atoms with van der Waals surface area (Å²) in [6.07, 6.45) is 2.75. The molecule has 0 saturated carbocycles. The first-order valence-corrected chi connectivity index (χ1v) is 13.1. The van der Waals surface area contributed by atoms with Crippen molar-refractivity contribution < 1.29 is 28.2 Å². The molecule has 1 saturated heterocycles. The molecule has 0 radical (unpaired) electrons. The van der Waals surface area contributed by atoms with Gasteiger partial charge in [0.05, 0.1) is 12.2 Å². The van der Waals surface area contributed by atoms with Gasteiger partial charge in [-0.2, -0.15) is 4.37 Å². The van der Waals surface area contributed by atoms with Crippen molar-refractivity contribution in [2.24, 2.45) is 5.73 Å². The van der Waals surface area contributed by atoms with Crippen LogP contribution in [0.3, 0.4) is 0 Å². The number of nitrogens with one attached hydrogen (secondary N) is 2. The lowest BCUT2D eigenvalue weighted by atomic mass is 10.2. The van der Waals surface area contributed by atoms with Gasteiger partial charge >= 0.3 is 6.03 Å². The van der Waals surface area contributed by atoms with Gasteiger partial charge in [-0.25, -0.2) is 13.6 Å². The van der Waals surface area contributed by atoms with Crippen molar-refractivity contribution in [2.45, 2.75) is 25.9 Å². The summed E-state index contributed by atoms with van der Waals surface area (Å²) in [6, 6.07) is 1.35. The molecule has 37 heavy (non-hydrogen) atoms. The molecule has 3 rings (SSSR count). The smallest absolute Gasteiger partial charge is 0.319 e. The maximum atomic E-state index is 14.0. The molecule has 204 valence electrons. The Balaban J connectivity index is 1.40. The summed E-state index contributed by atoms with van der Waals surface area (Å²) in [5, 5.41) is 14.2. The van der Waals surface area contributed by atoms with Crippen LogP contribution in [0.4, 0.5) is 18.6 Å². The summed E-state index contributed by atoms with van der Waals surface area (Å²) in [7, 11) is 0. The first-order chi connectivity index (χ1) is 17.8. The summed E-state index contributed by atoms with van der Waals surface area (Å²) >= 11 is 6.38. The molecule has 3 amide bonds. The molecule has 10 nitrogen and oxygen atoms in total. The lowest BCUT2D eigenvalue weighted by Crippen LogP contribution is -2.47. The number of aliphatic hydroxyl groups excluding tert-OH is 1. The van der Waals surface area contributed by atoms with E-state index in [1.54, 1.807) is 0 Å². The molecule has 2 aromatic rings. The number of nitrogens with two attached hydrogens (primary N) is 1. The number of halogens is 3. The quantitative estimate of drug-likeness (QED) is 0.277. The van der Waals surface area contributed by atoms with Crippen LogP contribution in [-0.4, -0.2) is 83.6 Å². The summed E-state index contributed by atoms with van der Waals surface area (Å²) in [5.74, 6) is -2.95. The minimum absolute atomic E-state index is 0.0670. The normalized spacial score (nSPS) is 14.5. The first kappa shape index (κ1) is 29.0. The second-order valence-corrected chi connectivity index (χ2v) is 9.75. The molecule has 0 unspecified atom stereocenters. The molecule has 0 atom stereocenters. The lowest BCUT2D eigenvalue weighted by molar-refractivity contribution is 0.0996. The van der Waals surface area contributed by atoms with Crippen molar-refractivity contribution in [1.29, 1.82) is 0 Å². The Bertz CT molecular complexity index is 1040. The van der Waals surface area contributed by atoms with E-state index in [0.29, 0.717) is 6.54 Å². The van der Waals surface area contributed by atoms with Crippen molar-refractivity contribution in [3.8, 4) is 5.88 Å². The van der Waals surface area contributed by atoms with Crippen molar-refractivity contribution in [1.82, 2.24) is 19.5 Å². The third-order valence-electron chi connectivity index (χ3n) is 5.91. The number of piperazine rings is 1. The number of hydrogen-bond acceptors (Lipinski definition) is 8. The molecular formula is C23H31ClF2N6O4S. The number of unbranched alkanes of at least 4 members (excludes halogenated alkanes) is 2. The molecule has 1 aliphatic heterocycles. The molecule has 1 aromatic heterocycles. The third-order valence-corrected chi connectivity index (χ3v) is 6.88. The number of aliphatic hydroxyl groups is 1. The molecule has 1 aliphatic rings. The number of hydrogen-bond donors (Lipinski definition) is 4. The molecule has 1 aromatic carbocycles. The number of rotatable bonds is 13. The van der Waals surface area contributed by atoms with Gasteiger partial charge in [-0.3, -0.25) is 15.0 Å². The van der Waals surface area contributed by atoms with E-state index < -0.39 is 30.2 Å². The fourth-order valence-corrected chi connectivity index (χ4v) is 4.82. The number of ether oxygens (including phenoxy) is 1. The molecular weight excluding hydrogens is 530 g/mol. The number of primary amides is 1. The predicted molar refractivity (Wildman–Crippen MR) is 137 cm³/mol. The Morgan fingerprint density at radius 3 is 2.38 bits per heavy atom. The standard InChI is InChI=1S/C23H31ClF2N6O4S/c24-15-12-17(25)16(18(26)13-15)14-36-21-19(20(27)34)22(37-30-21)29-23(35)28-4-2-1-3-5-31-6-8-32(9-7-31)10-11-33/h12-13,33H,1-11,14H2,(H2,27,34)(H2,28,29,35). The number of anilines is 1. The number of nitrogens with zero attached hydrogens (tertiary/aromatic N) is 3. The lowest BCUT2D eigenvalue weighted by Gasteiger charge is -2.34. The van der Waals surface area contributed by atoms with Gasteiger partial charge < -0.3 is 25.8 Å². The maximum Gasteiger partial charge on any atom is 0.319 e. The van der Waals surface area contributed by atoms with Gasteiger partial charge in [0.15, 0.2) is 0 Å². The SMILES string of the molecule is NC(=O)c1c(OCc2c(F)cc(Cl)cc2F)nsc1NC(=O)NCCCCCN1CCN(CCO)CC1.